The maximum atomic E-state index is 9.98. The topological polar surface area (TPSA) is 80.3 Å². The van der Waals surface area contributed by atoms with E-state index in [9.17, 15) is 19.8 Å². The molecule has 0 rings (SSSR count). The summed E-state index contributed by atoms with van der Waals surface area (Å²) >= 11 is 0. The molecule has 0 N–H and O–H groups in total. The van der Waals surface area contributed by atoms with Gasteiger partial charge in [0.1, 0.15) is 0 Å². The molecule has 0 aromatic heterocycles. The Morgan fingerprint density at radius 2 is 1.00 bits per heavy atom. The van der Waals surface area contributed by atoms with Crippen LogP contribution in [0.1, 0.15) is 44.9 Å². The third kappa shape index (κ3) is 14.4. The first kappa shape index (κ1) is 16.3. The van der Waals surface area contributed by atoms with Crippen LogP contribution in [0.15, 0.2) is 0 Å². The van der Waals surface area contributed by atoms with E-state index in [1.54, 1.807) is 0 Å². The number of unbranched alkanes of at least 4 members (excludes halogenated alkanes) is 4. The van der Waals surface area contributed by atoms with Crippen molar-refractivity contribution in [2.75, 3.05) is 0 Å². The van der Waals surface area contributed by atoms with Crippen LogP contribution in [0.3, 0.4) is 0 Å². The van der Waals surface area contributed by atoms with Crippen LogP contribution in [0.2, 0.25) is 0 Å². The van der Waals surface area contributed by atoms with Crippen molar-refractivity contribution in [2.45, 2.75) is 44.9 Å². The first-order valence-corrected chi connectivity index (χ1v) is 4.52. The largest absolute Gasteiger partial charge is 2.00 e. The molecule has 14 heavy (non-hydrogen) atoms. The Bertz CT molecular complexity index is 152. The van der Waals surface area contributed by atoms with E-state index in [0.717, 1.165) is 19.3 Å². The summed E-state index contributed by atoms with van der Waals surface area (Å²) in [5, 5.41) is 20.0. The molecule has 4 nitrogen and oxygen atoms in total. The minimum Gasteiger partial charge on any atom is -0.550 e. The van der Waals surface area contributed by atoms with E-state index in [0.29, 0.717) is 12.8 Å². The summed E-state index contributed by atoms with van der Waals surface area (Å²) in [7, 11) is 0. The van der Waals surface area contributed by atoms with E-state index in [1.165, 1.54) is 0 Å². The smallest absolute Gasteiger partial charge is 0.550 e. The molecular weight excluding hydrogens is 379 g/mol. The van der Waals surface area contributed by atoms with Crippen LogP contribution >= 0.6 is 0 Å². The van der Waals surface area contributed by atoms with Gasteiger partial charge in [-0.3, -0.25) is 0 Å². The summed E-state index contributed by atoms with van der Waals surface area (Å²) in [6, 6.07) is 0. The summed E-state index contributed by atoms with van der Waals surface area (Å²) in [4.78, 5) is 20.0. The van der Waals surface area contributed by atoms with Gasteiger partial charge in [-0.25, -0.2) is 0 Å². The first-order valence-electron chi connectivity index (χ1n) is 4.52. The van der Waals surface area contributed by atoms with Gasteiger partial charge in [-0.15, -0.1) is 0 Å². The van der Waals surface area contributed by atoms with Crippen molar-refractivity contribution in [3.8, 4) is 0 Å². The SMILES string of the molecule is O=C([O-])CCCCCCCC(=O)[O-].[Pb+2]. The van der Waals surface area contributed by atoms with Crippen LogP contribution < -0.4 is 10.2 Å². The Hall–Kier alpha value is -0.138. The van der Waals surface area contributed by atoms with Gasteiger partial charge in [-0.1, -0.05) is 19.3 Å². The van der Waals surface area contributed by atoms with Crippen molar-refractivity contribution >= 4 is 39.2 Å². The second-order valence-electron chi connectivity index (χ2n) is 3.01. The maximum Gasteiger partial charge on any atom is 2.00 e. The quantitative estimate of drug-likeness (QED) is 0.385. The van der Waals surface area contributed by atoms with Crippen LogP contribution in [0, 0.1) is 0 Å². The fourth-order valence-electron chi connectivity index (χ4n) is 1.07. The Morgan fingerprint density at radius 3 is 1.29 bits per heavy atom. The Morgan fingerprint density at radius 1 is 0.714 bits per heavy atom. The van der Waals surface area contributed by atoms with Gasteiger partial charge in [-0.05, 0) is 25.7 Å². The van der Waals surface area contributed by atoms with Crippen LogP contribution in [-0.4, -0.2) is 39.2 Å². The molecule has 0 fully saturated rings. The molecule has 0 bridgehead atoms. The van der Waals surface area contributed by atoms with Gasteiger partial charge in [0.15, 0.2) is 0 Å². The average Bonchev–Trinajstić information content (AvgIpc) is 2.01. The zero-order valence-corrected chi connectivity index (χ0v) is 12.0. The van der Waals surface area contributed by atoms with Gasteiger partial charge in [-0.2, -0.15) is 0 Å². The number of aliphatic carboxylic acids is 2. The molecule has 0 aromatic carbocycles. The fourth-order valence-corrected chi connectivity index (χ4v) is 1.07. The van der Waals surface area contributed by atoms with Crippen LogP contribution in [-0.2, 0) is 9.59 Å². The average molecular weight is 393 g/mol. The van der Waals surface area contributed by atoms with E-state index < -0.39 is 11.9 Å². The molecule has 0 saturated carbocycles. The Kier molecular flexibility index (Phi) is 12.7. The molecule has 0 aliphatic rings. The number of carboxylic acids is 2. The monoisotopic (exact) mass is 394 g/mol. The van der Waals surface area contributed by atoms with Gasteiger partial charge in [0.05, 0.1) is 0 Å². The second-order valence-corrected chi connectivity index (χ2v) is 3.01. The summed E-state index contributed by atoms with van der Waals surface area (Å²) in [6.45, 7) is 0. The molecule has 78 valence electrons. The van der Waals surface area contributed by atoms with Crippen molar-refractivity contribution in [3.63, 3.8) is 0 Å². The van der Waals surface area contributed by atoms with Gasteiger partial charge in [0, 0.05) is 11.9 Å². The summed E-state index contributed by atoms with van der Waals surface area (Å²) in [5.41, 5.74) is 0. The number of hydrogen-bond donors (Lipinski definition) is 0. The van der Waals surface area contributed by atoms with E-state index in [4.69, 9.17) is 0 Å². The normalized spacial score (nSPS) is 9.14. The van der Waals surface area contributed by atoms with E-state index in [2.05, 4.69) is 0 Å². The summed E-state index contributed by atoms with van der Waals surface area (Å²) in [6.07, 6.45) is 3.95. The van der Waals surface area contributed by atoms with Crippen molar-refractivity contribution in [1.82, 2.24) is 0 Å². The van der Waals surface area contributed by atoms with Gasteiger partial charge in [0.25, 0.3) is 0 Å². The van der Waals surface area contributed by atoms with E-state index >= 15 is 0 Å². The predicted molar refractivity (Wildman–Crippen MR) is 48.1 cm³/mol. The zero-order valence-electron chi connectivity index (χ0n) is 8.08. The minimum absolute atomic E-state index is 0. The molecule has 0 aliphatic carbocycles. The first-order chi connectivity index (χ1) is 6.13. The molecule has 0 amide bonds. The molecular formula is C9H14O4Pb. The van der Waals surface area contributed by atoms with E-state index in [1.807, 2.05) is 0 Å². The maximum absolute atomic E-state index is 9.98. The molecule has 5 heteroatoms. The molecule has 0 spiro atoms. The van der Waals surface area contributed by atoms with Crippen LogP contribution in [0.25, 0.3) is 0 Å². The number of carbonyl (C=O) groups is 2. The molecule has 0 aromatic rings. The van der Waals surface area contributed by atoms with Crippen molar-refractivity contribution < 1.29 is 19.8 Å². The molecule has 0 unspecified atom stereocenters. The van der Waals surface area contributed by atoms with Crippen molar-refractivity contribution in [2.24, 2.45) is 0 Å². The molecule has 0 aliphatic heterocycles. The van der Waals surface area contributed by atoms with Crippen molar-refractivity contribution in [3.05, 3.63) is 0 Å². The molecule has 0 atom stereocenters. The number of rotatable bonds is 8. The Balaban J connectivity index is 0. The number of carbonyl (C=O) groups excluding carboxylic acids is 2. The Labute approximate surface area is 104 Å². The number of hydrogen-bond acceptors (Lipinski definition) is 4. The standard InChI is InChI=1S/C9H16O4.Pb/c10-8(11)6-4-2-1-3-5-7-9(12)13;/h1-7H2,(H,10,11)(H,12,13);/q;+2/p-2. The molecule has 0 heterocycles. The second kappa shape index (κ2) is 10.9. The van der Waals surface area contributed by atoms with Gasteiger partial charge in [0.2, 0.25) is 0 Å². The zero-order chi connectivity index (χ0) is 10.1. The van der Waals surface area contributed by atoms with Crippen LogP contribution in [0.4, 0.5) is 0 Å². The fraction of sp³-hybridized carbons (Fsp3) is 0.778. The third-order valence-corrected chi connectivity index (χ3v) is 1.76. The van der Waals surface area contributed by atoms with Gasteiger partial charge < -0.3 is 19.8 Å². The predicted octanol–water partition coefficient (Wildman–Crippen LogP) is -1.16. The third-order valence-electron chi connectivity index (χ3n) is 1.76. The van der Waals surface area contributed by atoms with Crippen molar-refractivity contribution in [1.29, 1.82) is 0 Å². The summed E-state index contributed by atoms with van der Waals surface area (Å²) < 4.78 is 0. The summed E-state index contributed by atoms with van der Waals surface area (Å²) in [5.74, 6) is -2.04. The van der Waals surface area contributed by atoms with E-state index in [-0.39, 0.29) is 40.1 Å². The van der Waals surface area contributed by atoms with Crippen LogP contribution in [0.5, 0.6) is 0 Å². The van der Waals surface area contributed by atoms with Gasteiger partial charge >= 0.3 is 27.3 Å². The minimum atomic E-state index is -1.02. The molecule has 2 radical (unpaired) electrons. The molecule has 0 saturated heterocycles. The number of carboxylic acid groups (broad SMARTS) is 2.